The molecule has 1 amide bonds. The number of amides is 1. The van der Waals surface area contributed by atoms with Gasteiger partial charge in [0.05, 0.1) is 5.75 Å². The van der Waals surface area contributed by atoms with Gasteiger partial charge in [-0.1, -0.05) is 43.7 Å². The van der Waals surface area contributed by atoms with E-state index >= 15 is 0 Å². The Balaban J connectivity index is 2.47. The van der Waals surface area contributed by atoms with E-state index in [0.29, 0.717) is 17.1 Å². The van der Waals surface area contributed by atoms with Crippen molar-refractivity contribution >= 4 is 21.8 Å². The molecule has 0 bridgehead atoms. The number of rotatable bonds is 8. The van der Waals surface area contributed by atoms with Crippen LogP contribution >= 0.6 is 0 Å². The molecule has 30 heavy (non-hydrogen) atoms. The number of aromatic hydroxyl groups is 1. The molecular formula is C22H29NO6S. The second-order valence-electron chi connectivity index (χ2n) is 7.84. The van der Waals surface area contributed by atoms with Gasteiger partial charge in [-0.25, -0.2) is 13.2 Å². The summed E-state index contributed by atoms with van der Waals surface area (Å²) in [7, 11) is -4.06. The first-order chi connectivity index (χ1) is 14.0. The Morgan fingerprint density at radius 1 is 1.10 bits per heavy atom. The Morgan fingerprint density at radius 2 is 1.77 bits per heavy atom. The highest BCUT2D eigenvalue weighted by molar-refractivity contribution is 7.93. The summed E-state index contributed by atoms with van der Waals surface area (Å²) >= 11 is 0. The van der Waals surface area contributed by atoms with Gasteiger partial charge in [0, 0.05) is 6.07 Å². The Morgan fingerprint density at radius 3 is 2.37 bits per heavy atom. The first kappa shape index (κ1) is 23.5. The molecule has 0 spiro atoms. The zero-order valence-corrected chi connectivity index (χ0v) is 18.6. The molecule has 2 aromatic rings. The molecule has 0 aliphatic carbocycles. The Kier molecular flexibility index (Phi) is 7.72. The fourth-order valence-electron chi connectivity index (χ4n) is 2.61. The summed E-state index contributed by atoms with van der Waals surface area (Å²) in [5, 5.41) is 10.00. The smallest absolute Gasteiger partial charge is 0.429 e. The van der Waals surface area contributed by atoms with Gasteiger partial charge in [-0.05, 0) is 44.9 Å². The van der Waals surface area contributed by atoms with Crippen LogP contribution < -0.4 is 9.04 Å². The van der Waals surface area contributed by atoms with Gasteiger partial charge >= 0.3 is 6.09 Å². The van der Waals surface area contributed by atoms with Crippen LogP contribution in [0.15, 0.2) is 48.5 Å². The molecule has 0 aliphatic rings. The van der Waals surface area contributed by atoms with Crippen LogP contribution in [-0.2, 0) is 21.4 Å². The monoisotopic (exact) mass is 435 g/mol. The van der Waals surface area contributed by atoms with Crippen LogP contribution in [0.3, 0.4) is 0 Å². The van der Waals surface area contributed by atoms with Gasteiger partial charge in [0.2, 0.25) is 10.0 Å². The lowest BCUT2D eigenvalue weighted by atomic mass is 10.2. The second kappa shape index (κ2) is 9.84. The molecule has 1 N–H and O–H groups in total. The van der Waals surface area contributed by atoms with Gasteiger partial charge in [-0.3, -0.25) is 0 Å². The molecule has 2 aromatic carbocycles. The molecule has 0 fully saturated rings. The van der Waals surface area contributed by atoms with Crippen LogP contribution in [0.4, 0.5) is 10.5 Å². The number of unbranched alkanes of at least 4 members (excludes halogenated alkanes) is 1. The lowest BCUT2D eigenvalue weighted by Crippen LogP contribution is -2.42. The molecule has 0 heterocycles. The first-order valence-electron chi connectivity index (χ1n) is 9.79. The summed E-state index contributed by atoms with van der Waals surface area (Å²) in [5.74, 6) is -0.296. The molecule has 8 heteroatoms. The first-order valence-corrected chi connectivity index (χ1v) is 11.4. The summed E-state index contributed by atoms with van der Waals surface area (Å²) in [4.78, 5) is 12.9. The standard InChI is InChI=1S/C22H29NO6S/c1-5-6-14-30(26,27)23(21(25)29-22(2,3)4)19-15-18(24)12-13-20(19)28-16-17-10-8-7-9-11-17/h7-13,15,24H,5-6,14,16H2,1-4H3. The molecule has 2 rings (SSSR count). The van der Waals surface area contributed by atoms with Crippen molar-refractivity contribution in [1.29, 1.82) is 0 Å². The van der Waals surface area contributed by atoms with Crippen LogP contribution in [0, 0.1) is 0 Å². The number of hydrogen-bond acceptors (Lipinski definition) is 6. The minimum absolute atomic E-state index is 0.0868. The number of sulfonamides is 1. The summed E-state index contributed by atoms with van der Waals surface area (Å²) in [5.41, 5.74) is -0.122. The molecule has 0 saturated carbocycles. The molecule has 0 saturated heterocycles. The van der Waals surface area contributed by atoms with Crippen molar-refractivity contribution in [3.63, 3.8) is 0 Å². The van der Waals surface area contributed by atoms with Crippen LogP contribution in [-0.4, -0.2) is 31.0 Å². The topological polar surface area (TPSA) is 93.1 Å². The SMILES string of the molecule is CCCCS(=O)(=O)N(C(=O)OC(C)(C)C)c1cc(O)ccc1OCc1ccccc1. The zero-order chi connectivity index (χ0) is 22.4. The third-order valence-corrected chi connectivity index (χ3v) is 5.70. The van der Waals surface area contributed by atoms with Crippen molar-refractivity contribution in [2.24, 2.45) is 0 Å². The van der Waals surface area contributed by atoms with Crippen molar-refractivity contribution in [3.05, 3.63) is 54.1 Å². The predicted octanol–water partition coefficient (Wildman–Crippen LogP) is 4.84. The number of hydrogen-bond donors (Lipinski definition) is 1. The van der Waals surface area contributed by atoms with E-state index in [1.54, 1.807) is 20.8 Å². The number of phenolic OH excluding ortho intramolecular Hbond substituents is 1. The number of carbonyl (C=O) groups is 1. The number of phenols is 1. The van der Waals surface area contributed by atoms with E-state index < -0.39 is 21.7 Å². The quantitative estimate of drug-likeness (QED) is 0.638. The lowest BCUT2D eigenvalue weighted by Gasteiger charge is -2.28. The summed E-state index contributed by atoms with van der Waals surface area (Å²) in [6.07, 6.45) is -0.0341. The van der Waals surface area contributed by atoms with Gasteiger partial charge < -0.3 is 14.6 Å². The highest BCUT2D eigenvalue weighted by atomic mass is 32.2. The normalized spacial score (nSPS) is 11.7. The fourth-order valence-corrected chi connectivity index (χ4v) is 4.15. The van der Waals surface area contributed by atoms with Crippen molar-refractivity contribution in [1.82, 2.24) is 0 Å². The Hall–Kier alpha value is -2.74. The van der Waals surface area contributed by atoms with Crippen LogP contribution in [0.1, 0.15) is 46.1 Å². The van der Waals surface area contributed by atoms with Crippen molar-refractivity contribution in [2.45, 2.75) is 52.7 Å². The van der Waals surface area contributed by atoms with Crippen LogP contribution in [0.25, 0.3) is 0 Å². The molecule has 7 nitrogen and oxygen atoms in total. The number of benzene rings is 2. The van der Waals surface area contributed by atoms with Crippen LogP contribution in [0.2, 0.25) is 0 Å². The molecule has 0 aromatic heterocycles. The summed E-state index contributed by atoms with van der Waals surface area (Å²) in [6, 6.07) is 13.3. The van der Waals surface area contributed by atoms with E-state index in [1.165, 1.54) is 18.2 Å². The van der Waals surface area contributed by atoms with E-state index in [-0.39, 0.29) is 29.5 Å². The van der Waals surface area contributed by atoms with Gasteiger partial charge in [0.1, 0.15) is 29.4 Å². The maximum Gasteiger partial charge on any atom is 0.429 e. The molecule has 164 valence electrons. The highest BCUT2D eigenvalue weighted by Gasteiger charge is 2.35. The van der Waals surface area contributed by atoms with E-state index in [2.05, 4.69) is 0 Å². The van der Waals surface area contributed by atoms with Gasteiger partial charge in [-0.2, -0.15) is 4.31 Å². The lowest BCUT2D eigenvalue weighted by molar-refractivity contribution is 0.0608. The predicted molar refractivity (Wildman–Crippen MR) is 116 cm³/mol. The maximum atomic E-state index is 13.0. The van der Waals surface area contributed by atoms with E-state index in [9.17, 15) is 18.3 Å². The number of carbonyl (C=O) groups excluding carboxylic acids is 1. The van der Waals surface area contributed by atoms with Crippen molar-refractivity contribution in [3.8, 4) is 11.5 Å². The van der Waals surface area contributed by atoms with E-state index in [4.69, 9.17) is 9.47 Å². The van der Waals surface area contributed by atoms with Gasteiger partial charge in [-0.15, -0.1) is 0 Å². The Labute approximate surface area is 178 Å². The van der Waals surface area contributed by atoms with E-state index in [0.717, 1.165) is 5.56 Å². The average molecular weight is 436 g/mol. The maximum absolute atomic E-state index is 13.0. The fraction of sp³-hybridized carbons (Fsp3) is 0.409. The summed E-state index contributed by atoms with van der Waals surface area (Å²) < 4.78 is 37.8. The molecule has 0 unspecified atom stereocenters. The molecular weight excluding hydrogens is 406 g/mol. The second-order valence-corrected chi connectivity index (χ2v) is 9.78. The van der Waals surface area contributed by atoms with Gasteiger partial charge in [0.25, 0.3) is 0 Å². The average Bonchev–Trinajstić information content (AvgIpc) is 2.65. The summed E-state index contributed by atoms with van der Waals surface area (Å²) in [6.45, 7) is 6.97. The molecule has 0 atom stereocenters. The van der Waals surface area contributed by atoms with E-state index in [1.807, 2.05) is 37.3 Å². The Bertz CT molecular complexity index is 951. The molecule has 0 aliphatic heterocycles. The minimum Gasteiger partial charge on any atom is -0.508 e. The largest absolute Gasteiger partial charge is 0.508 e. The number of ether oxygens (including phenoxy) is 2. The third kappa shape index (κ3) is 6.66. The van der Waals surface area contributed by atoms with Crippen LogP contribution in [0.5, 0.6) is 11.5 Å². The number of anilines is 1. The zero-order valence-electron chi connectivity index (χ0n) is 17.8. The number of nitrogens with zero attached hydrogens (tertiary/aromatic N) is 1. The van der Waals surface area contributed by atoms with Crippen molar-refractivity contribution < 1.29 is 27.8 Å². The highest BCUT2D eigenvalue weighted by Crippen LogP contribution is 2.35. The van der Waals surface area contributed by atoms with Gasteiger partial charge in [0.15, 0.2) is 0 Å². The molecule has 0 radical (unpaired) electrons. The van der Waals surface area contributed by atoms with Crippen molar-refractivity contribution in [2.75, 3.05) is 10.1 Å². The third-order valence-electron chi connectivity index (χ3n) is 3.99. The minimum atomic E-state index is -4.06.